The Balaban J connectivity index is 1.69. The molecule has 0 saturated carbocycles. The van der Waals surface area contributed by atoms with Crippen LogP contribution in [0.2, 0.25) is 5.02 Å². The van der Waals surface area contributed by atoms with Crippen LogP contribution in [0.1, 0.15) is 25.3 Å². The van der Waals surface area contributed by atoms with Crippen LogP contribution in [0.5, 0.6) is 0 Å². The van der Waals surface area contributed by atoms with E-state index < -0.39 is 15.7 Å². The minimum atomic E-state index is -3.70. The van der Waals surface area contributed by atoms with E-state index in [4.69, 9.17) is 11.6 Å². The Labute approximate surface area is 179 Å². The number of carbonyl (C=O) groups excluding carboxylic acids is 2. The topological polar surface area (TPSA) is 92.3 Å². The summed E-state index contributed by atoms with van der Waals surface area (Å²) in [5.74, 6) is -0.932. The average molecular weight is 453 g/mol. The van der Waals surface area contributed by atoms with Crippen molar-refractivity contribution in [2.75, 3.05) is 16.4 Å². The number of hydrogen-bond donors (Lipinski definition) is 2. The van der Waals surface area contributed by atoms with Crippen LogP contribution < -0.4 is 10.6 Å². The molecule has 29 heavy (non-hydrogen) atoms. The lowest BCUT2D eigenvalue weighted by molar-refractivity contribution is -0.116. The van der Waals surface area contributed by atoms with Gasteiger partial charge in [-0.2, -0.15) is 0 Å². The Morgan fingerprint density at radius 3 is 2.76 bits per heavy atom. The summed E-state index contributed by atoms with van der Waals surface area (Å²) in [6, 6.07) is 9.87. The summed E-state index contributed by atoms with van der Waals surface area (Å²) in [4.78, 5) is 25.0. The Morgan fingerprint density at radius 2 is 2.03 bits per heavy atom. The van der Waals surface area contributed by atoms with E-state index >= 15 is 0 Å². The lowest BCUT2D eigenvalue weighted by Gasteiger charge is -2.11. The molecular weight excluding hydrogens is 432 g/mol. The Bertz CT molecular complexity index is 1070. The van der Waals surface area contributed by atoms with Gasteiger partial charge >= 0.3 is 0 Å². The molecule has 6 nitrogen and oxygen atoms in total. The number of nitrogens with one attached hydrogen (secondary N) is 2. The molecule has 0 radical (unpaired) electrons. The van der Waals surface area contributed by atoms with Gasteiger partial charge in [0.25, 0.3) is 0 Å². The largest absolute Gasteiger partial charge is 0.325 e. The quantitative estimate of drug-likeness (QED) is 0.706. The Morgan fingerprint density at radius 1 is 1.28 bits per heavy atom. The first-order chi connectivity index (χ1) is 13.6. The van der Waals surface area contributed by atoms with E-state index in [1.54, 1.807) is 24.3 Å². The molecule has 2 N–H and O–H groups in total. The highest BCUT2D eigenvalue weighted by molar-refractivity contribution is 8.00. The van der Waals surface area contributed by atoms with Crippen LogP contribution in [0, 0.1) is 6.92 Å². The molecule has 1 unspecified atom stereocenters. The van der Waals surface area contributed by atoms with Gasteiger partial charge in [-0.1, -0.05) is 24.6 Å². The van der Waals surface area contributed by atoms with Crippen LogP contribution in [0.3, 0.4) is 0 Å². The van der Waals surface area contributed by atoms with Crippen molar-refractivity contribution in [3.8, 4) is 0 Å². The van der Waals surface area contributed by atoms with Crippen molar-refractivity contribution >= 4 is 56.4 Å². The first kappa shape index (κ1) is 21.7. The summed E-state index contributed by atoms with van der Waals surface area (Å²) in [5, 5.41) is 5.90. The summed E-state index contributed by atoms with van der Waals surface area (Å²) >= 11 is 7.62. The molecule has 0 aliphatic carbocycles. The van der Waals surface area contributed by atoms with Crippen molar-refractivity contribution < 1.29 is 18.0 Å². The third kappa shape index (κ3) is 5.52. The van der Waals surface area contributed by atoms with Crippen molar-refractivity contribution in [3.63, 3.8) is 0 Å². The van der Waals surface area contributed by atoms with Gasteiger partial charge < -0.3 is 10.6 Å². The summed E-state index contributed by atoms with van der Waals surface area (Å²) in [6.45, 7) is 3.83. The summed E-state index contributed by atoms with van der Waals surface area (Å²) in [5.41, 5.74) is 1.89. The van der Waals surface area contributed by atoms with E-state index in [9.17, 15) is 18.0 Å². The average Bonchev–Trinajstić information content (AvgIpc) is 2.78. The van der Waals surface area contributed by atoms with Crippen LogP contribution in [-0.4, -0.2) is 31.2 Å². The molecule has 1 aliphatic heterocycles. The van der Waals surface area contributed by atoms with Gasteiger partial charge in [0.1, 0.15) is 0 Å². The second kappa shape index (κ2) is 8.77. The smallest absolute Gasteiger partial charge is 0.225 e. The van der Waals surface area contributed by atoms with Crippen molar-refractivity contribution in [1.29, 1.82) is 0 Å². The second-order valence-electron chi connectivity index (χ2n) is 6.94. The summed E-state index contributed by atoms with van der Waals surface area (Å²) < 4.78 is 25.4. The minimum absolute atomic E-state index is 0.0767. The number of halogens is 1. The van der Waals surface area contributed by atoms with Gasteiger partial charge in [0, 0.05) is 23.0 Å². The monoisotopic (exact) mass is 452 g/mol. The maximum absolute atomic E-state index is 12.7. The van der Waals surface area contributed by atoms with Crippen LogP contribution in [-0.2, 0) is 19.4 Å². The van der Waals surface area contributed by atoms with E-state index in [-0.39, 0.29) is 28.2 Å². The Hall–Kier alpha value is -2.03. The fourth-order valence-electron chi connectivity index (χ4n) is 2.90. The van der Waals surface area contributed by atoms with Crippen molar-refractivity contribution in [1.82, 2.24) is 0 Å². The van der Waals surface area contributed by atoms with E-state index in [0.29, 0.717) is 22.8 Å². The number of thioether (sulfide) groups is 1. The van der Waals surface area contributed by atoms with Gasteiger partial charge in [0.05, 0.1) is 27.0 Å². The number of anilines is 2. The molecule has 154 valence electrons. The van der Waals surface area contributed by atoms with Gasteiger partial charge in [-0.15, -0.1) is 11.8 Å². The van der Waals surface area contributed by atoms with Crippen molar-refractivity contribution in [2.45, 2.75) is 41.7 Å². The maximum Gasteiger partial charge on any atom is 0.225 e. The molecule has 1 heterocycles. The molecule has 2 aromatic rings. The number of benzene rings is 2. The highest BCUT2D eigenvalue weighted by Crippen LogP contribution is 2.36. The van der Waals surface area contributed by atoms with E-state index in [0.717, 1.165) is 10.5 Å². The lowest BCUT2D eigenvalue weighted by Crippen LogP contribution is -2.18. The molecule has 1 atom stereocenters. The Kier molecular flexibility index (Phi) is 6.55. The zero-order valence-corrected chi connectivity index (χ0v) is 18.4. The molecule has 2 amide bonds. The van der Waals surface area contributed by atoms with Gasteiger partial charge in [0.15, 0.2) is 9.84 Å². The number of carbonyl (C=O) groups is 2. The number of aryl methyl sites for hydroxylation is 1. The number of amides is 2. The van der Waals surface area contributed by atoms with Gasteiger partial charge in [-0.05, 0) is 42.8 Å². The normalized spacial score (nSPS) is 16.5. The van der Waals surface area contributed by atoms with Gasteiger partial charge in [0.2, 0.25) is 11.8 Å². The zero-order chi connectivity index (χ0) is 21.2. The maximum atomic E-state index is 12.7. The third-order valence-corrected chi connectivity index (χ3v) is 7.59. The molecule has 9 heteroatoms. The van der Waals surface area contributed by atoms with Gasteiger partial charge in [-0.25, -0.2) is 8.42 Å². The lowest BCUT2D eigenvalue weighted by atomic mass is 10.2. The van der Waals surface area contributed by atoms with Crippen molar-refractivity contribution in [2.24, 2.45) is 0 Å². The molecule has 0 spiro atoms. The number of rotatable bonds is 5. The van der Waals surface area contributed by atoms with E-state index in [2.05, 4.69) is 10.6 Å². The third-order valence-electron chi connectivity index (χ3n) is 4.38. The van der Waals surface area contributed by atoms with E-state index in [1.165, 1.54) is 23.9 Å². The van der Waals surface area contributed by atoms with Gasteiger partial charge in [-0.3, -0.25) is 9.59 Å². The molecule has 2 aromatic carbocycles. The molecule has 3 rings (SSSR count). The summed E-state index contributed by atoms with van der Waals surface area (Å²) in [6.07, 6.45) is 0.158. The number of sulfone groups is 1. The van der Waals surface area contributed by atoms with Crippen LogP contribution >= 0.6 is 23.4 Å². The minimum Gasteiger partial charge on any atom is -0.325 e. The first-order valence-corrected chi connectivity index (χ1v) is 11.9. The highest BCUT2D eigenvalue weighted by atomic mass is 35.5. The predicted molar refractivity (Wildman–Crippen MR) is 116 cm³/mol. The van der Waals surface area contributed by atoms with Crippen LogP contribution in [0.25, 0.3) is 0 Å². The molecule has 0 bridgehead atoms. The molecule has 0 saturated heterocycles. The fraction of sp³-hybridized carbons (Fsp3) is 0.300. The van der Waals surface area contributed by atoms with Crippen LogP contribution in [0.15, 0.2) is 46.2 Å². The molecular formula is C20H21ClN2O4S2. The predicted octanol–water partition coefficient (Wildman–Crippen LogP) is 4.27. The van der Waals surface area contributed by atoms with Crippen LogP contribution in [0.4, 0.5) is 11.4 Å². The molecule has 1 aliphatic rings. The number of fused-ring (bicyclic) bond motifs is 1. The molecule has 0 fully saturated rings. The first-order valence-electron chi connectivity index (χ1n) is 9.03. The molecule has 0 aromatic heterocycles. The second-order valence-corrected chi connectivity index (χ2v) is 10.9. The summed E-state index contributed by atoms with van der Waals surface area (Å²) in [7, 11) is -3.70. The van der Waals surface area contributed by atoms with Crippen molar-refractivity contribution in [3.05, 3.63) is 47.0 Å². The SMILES string of the molecule is Cc1ccc(NC(=O)CCS(=O)(=O)c2ccc3c(c2)NC(=O)CC(C)S3)c(Cl)c1. The zero-order valence-electron chi connectivity index (χ0n) is 16.0. The highest BCUT2D eigenvalue weighted by Gasteiger charge is 2.23. The number of hydrogen-bond acceptors (Lipinski definition) is 5. The standard InChI is InChI=1S/C20H21ClN2O4S2/c1-12-3-5-16(15(21)9-12)22-19(24)7-8-29(26,27)14-4-6-18-17(11-14)23-20(25)10-13(2)28-18/h3-6,9,11,13H,7-8,10H2,1-2H3,(H,22,24)(H,23,25). The van der Waals surface area contributed by atoms with E-state index in [1.807, 2.05) is 13.8 Å². The fourth-order valence-corrected chi connectivity index (χ4v) is 5.50.